The van der Waals surface area contributed by atoms with Crippen molar-refractivity contribution in [2.75, 3.05) is 11.9 Å². The van der Waals surface area contributed by atoms with E-state index in [0.717, 1.165) is 10.5 Å². The van der Waals surface area contributed by atoms with Gasteiger partial charge in [-0.15, -0.1) is 0 Å². The number of carbonyl (C=O) groups excluding carboxylic acids is 3. The molecule has 1 unspecified atom stereocenters. The van der Waals surface area contributed by atoms with Crippen LogP contribution in [0.4, 0.5) is 10.5 Å². The molecule has 7 heteroatoms. The predicted octanol–water partition coefficient (Wildman–Crippen LogP) is 2.55. The van der Waals surface area contributed by atoms with Crippen LogP contribution in [0.3, 0.4) is 0 Å². The van der Waals surface area contributed by atoms with E-state index in [1.807, 2.05) is 13.0 Å². The Morgan fingerprint density at radius 3 is 2.43 bits per heavy atom. The predicted molar refractivity (Wildman–Crippen MR) is 103 cm³/mol. The van der Waals surface area contributed by atoms with Gasteiger partial charge in [-0.3, -0.25) is 14.5 Å². The van der Waals surface area contributed by atoms with E-state index < -0.39 is 23.4 Å². The number of anilines is 1. The molecule has 1 saturated heterocycles. The Morgan fingerprint density at radius 1 is 1.14 bits per heavy atom. The molecule has 2 N–H and O–H groups in total. The van der Waals surface area contributed by atoms with Crippen LogP contribution < -0.4 is 10.6 Å². The Labute approximate surface area is 163 Å². The number of nitriles is 1. The van der Waals surface area contributed by atoms with Crippen LogP contribution in [-0.2, 0) is 21.5 Å². The third-order valence-corrected chi connectivity index (χ3v) is 4.80. The summed E-state index contributed by atoms with van der Waals surface area (Å²) in [7, 11) is 0. The molecule has 0 spiro atoms. The molecule has 2 aromatic carbocycles. The van der Waals surface area contributed by atoms with Crippen molar-refractivity contribution in [2.24, 2.45) is 0 Å². The molecule has 1 aliphatic heterocycles. The van der Waals surface area contributed by atoms with Gasteiger partial charge in [0, 0.05) is 5.69 Å². The van der Waals surface area contributed by atoms with Gasteiger partial charge in [-0.1, -0.05) is 49.4 Å². The van der Waals surface area contributed by atoms with Crippen molar-refractivity contribution in [3.05, 3.63) is 65.7 Å². The topological polar surface area (TPSA) is 102 Å². The van der Waals surface area contributed by atoms with Crippen LogP contribution in [0, 0.1) is 11.3 Å². The first-order chi connectivity index (χ1) is 13.5. The van der Waals surface area contributed by atoms with Crippen LogP contribution in [0.15, 0.2) is 54.6 Å². The summed E-state index contributed by atoms with van der Waals surface area (Å²) in [4.78, 5) is 38.7. The summed E-state index contributed by atoms with van der Waals surface area (Å²) < 4.78 is 0. The van der Waals surface area contributed by atoms with E-state index in [-0.39, 0.29) is 13.0 Å². The van der Waals surface area contributed by atoms with E-state index in [2.05, 4.69) is 16.7 Å². The zero-order valence-electron chi connectivity index (χ0n) is 15.4. The summed E-state index contributed by atoms with van der Waals surface area (Å²) in [6.45, 7) is 1.44. The molecule has 4 amide bonds. The highest BCUT2D eigenvalue weighted by atomic mass is 16.2. The third-order valence-electron chi connectivity index (χ3n) is 4.80. The Morgan fingerprint density at radius 2 is 1.82 bits per heavy atom. The molecular weight excluding hydrogens is 356 g/mol. The lowest BCUT2D eigenvalue weighted by atomic mass is 9.87. The van der Waals surface area contributed by atoms with E-state index in [1.54, 1.807) is 48.5 Å². The SMILES string of the molecule is CCC1(c2ccccc2)NC(=O)N(CC(=O)Nc2ccc(CC#N)cc2)C1=O. The Balaban J connectivity index is 1.72. The van der Waals surface area contributed by atoms with Gasteiger partial charge in [0.2, 0.25) is 5.91 Å². The van der Waals surface area contributed by atoms with Gasteiger partial charge in [-0.2, -0.15) is 5.26 Å². The maximum absolute atomic E-state index is 13.0. The van der Waals surface area contributed by atoms with Crippen molar-refractivity contribution in [1.29, 1.82) is 5.26 Å². The van der Waals surface area contributed by atoms with Crippen molar-refractivity contribution in [3.63, 3.8) is 0 Å². The summed E-state index contributed by atoms with van der Waals surface area (Å²) >= 11 is 0. The van der Waals surface area contributed by atoms with E-state index in [9.17, 15) is 14.4 Å². The molecule has 1 fully saturated rings. The average molecular weight is 376 g/mol. The van der Waals surface area contributed by atoms with Gasteiger partial charge in [0.1, 0.15) is 12.1 Å². The lowest BCUT2D eigenvalue weighted by Crippen LogP contribution is -2.44. The van der Waals surface area contributed by atoms with E-state index >= 15 is 0 Å². The van der Waals surface area contributed by atoms with Crippen molar-refractivity contribution >= 4 is 23.5 Å². The molecule has 28 heavy (non-hydrogen) atoms. The summed E-state index contributed by atoms with van der Waals surface area (Å²) in [6, 6.07) is 17.3. The molecule has 0 aliphatic carbocycles. The molecular formula is C21H20N4O3. The number of rotatable bonds is 6. The van der Waals surface area contributed by atoms with Crippen LogP contribution in [-0.4, -0.2) is 29.3 Å². The van der Waals surface area contributed by atoms with Crippen LogP contribution in [0.5, 0.6) is 0 Å². The fourth-order valence-corrected chi connectivity index (χ4v) is 3.27. The first kappa shape index (κ1) is 19.1. The number of amides is 4. The zero-order valence-corrected chi connectivity index (χ0v) is 15.4. The van der Waals surface area contributed by atoms with Crippen molar-refractivity contribution < 1.29 is 14.4 Å². The average Bonchev–Trinajstić information content (AvgIpc) is 2.95. The fourth-order valence-electron chi connectivity index (χ4n) is 3.27. The summed E-state index contributed by atoms with van der Waals surface area (Å²) in [5.74, 6) is -0.915. The summed E-state index contributed by atoms with van der Waals surface area (Å²) in [5.41, 5.74) is 0.901. The molecule has 142 valence electrons. The van der Waals surface area contributed by atoms with Crippen LogP contribution in [0.1, 0.15) is 24.5 Å². The maximum Gasteiger partial charge on any atom is 0.325 e. The summed E-state index contributed by atoms with van der Waals surface area (Å²) in [5, 5.41) is 14.1. The lowest BCUT2D eigenvalue weighted by Gasteiger charge is -2.25. The number of nitrogens with one attached hydrogen (secondary N) is 2. The molecule has 7 nitrogen and oxygen atoms in total. The van der Waals surface area contributed by atoms with Gasteiger partial charge in [-0.25, -0.2) is 4.79 Å². The van der Waals surface area contributed by atoms with E-state index in [0.29, 0.717) is 17.7 Å². The lowest BCUT2D eigenvalue weighted by molar-refractivity contribution is -0.134. The molecule has 0 radical (unpaired) electrons. The van der Waals surface area contributed by atoms with Gasteiger partial charge in [0.25, 0.3) is 5.91 Å². The number of imide groups is 1. The number of hydrogen-bond donors (Lipinski definition) is 2. The highest BCUT2D eigenvalue weighted by Crippen LogP contribution is 2.32. The van der Waals surface area contributed by atoms with E-state index in [1.165, 1.54) is 0 Å². The standard InChI is InChI=1S/C21H20N4O3/c1-2-21(16-6-4-3-5-7-16)19(27)25(20(28)24-21)14-18(26)23-17-10-8-15(9-11-17)12-13-22/h3-11H,2,12,14H2,1H3,(H,23,26)(H,24,28). The van der Waals surface area contributed by atoms with Gasteiger partial charge >= 0.3 is 6.03 Å². The molecule has 1 aliphatic rings. The number of benzene rings is 2. The van der Waals surface area contributed by atoms with Gasteiger partial charge in [-0.05, 0) is 29.7 Å². The van der Waals surface area contributed by atoms with Gasteiger partial charge < -0.3 is 10.6 Å². The molecule has 1 atom stereocenters. The minimum atomic E-state index is -1.16. The number of carbonyl (C=O) groups is 3. The summed E-state index contributed by atoms with van der Waals surface area (Å²) in [6.07, 6.45) is 0.662. The monoisotopic (exact) mass is 376 g/mol. The number of nitrogens with zero attached hydrogens (tertiary/aromatic N) is 2. The van der Waals surface area contributed by atoms with Crippen molar-refractivity contribution in [3.8, 4) is 6.07 Å². The molecule has 1 heterocycles. The van der Waals surface area contributed by atoms with Crippen molar-refractivity contribution in [2.45, 2.75) is 25.3 Å². The Kier molecular flexibility index (Phi) is 5.41. The largest absolute Gasteiger partial charge is 0.325 e. The van der Waals surface area contributed by atoms with Crippen LogP contribution in [0.2, 0.25) is 0 Å². The Bertz CT molecular complexity index is 934. The zero-order chi connectivity index (χ0) is 20.1. The second-order valence-corrected chi connectivity index (χ2v) is 6.53. The molecule has 0 saturated carbocycles. The normalized spacial score (nSPS) is 18.5. The first-order valence-corrected chi connectivity index (χ1v) is 8.95. The number of urea groups is 1. The van der Waals surface area contributed by atoms with Crippen molar-refractivity contribution in [1.82, 2.24) is 10.2 Å². The third kappa shape index (κ3) is 3.58. The Hall–Kier alpha value is -3.66. The quantitative estimate of drug-likeness (QED) is 0.756. The second-order valence-electron chi connectivity index (χ2n) is 6.53. The first-order valence-electron chi connectivity index (χ1n) is 8.95. The number of hydrogen-bond acceptors (Lipinski definition) is 4. The molecule has 0 aromatic heterocycles. The smallest absolute Gasteiger partial charge is 0.325 e. The van der Waals surface area contributed by atoms with Crippen LogP contribution >= 0.6 is 0 Å². The van der Waals surface area contributed by atoms with E-state index in [4.69, 9.17) is 5.26 Å². The maximum atomic E-state index is 13.0. The minimum Gasteiger partial charge on any atom is -0.325 e. The highest BCUT2D eigenvalue weighted by Gasteiger charge is 2.51. The fraction of sp³-hybridized carbons (Fsp3) is 0.238. The molecule has 0 bridgehead atoms. The highest BCUT2D eigenvalue weighted by molar-refractivity contribution is 6.10. The molecule has 3 rings (SSSR count). The minimum absolute atomic E-state index is 0.287. The van der Waals surface area contributed by atoms with Crippen LogP contribution in [0.25, 0.3) is 0 Å². The van der Waals surface area contributed by atoms with Gasteiger partial charge in [0.05, 0.1) is 12.5 Å². The second kappa shape index (κ2) is 7.92. The van der Waals surface area contributed by atoms with Gasteiger partial charge in [0.15, 0.2) is 0 Å². The molecule has 2 aromatic rings.